The van der Waals surface area contributed by atoms with Gasteiger partial charge in [-0.25, -0.2) is 4.79 Å². The molecule has 1 saturated heterocycles. The molecule has 6 heteroatoms. The molecule has 0 spiro atoms. The number of hydrogen-bond donors (Lipinski definition) is 1. The summed E-state index contributed by atoms with van der Waals surface area (Å²) in [7, 11) is 1.62. The van der Waals surface area contributed by atoms with E-state index in [1.165, 1.54) is 0 Å². The van der Waals surface area contributed by atoms with Crippen LogP contribution in [-0.2, 0) is 20.8 Å². The molecule has 0 bridgehead atoms. The minimum atomic E-state index is -0.505. The van der Waals surface area contributed by atoms with Crippen molar-refractivity contribution in [2.75, 3.05) is 13.7 Å². The topological polar surface area (TPSA) is 66.0 Å². The molecule has 2 aromatic rings. The third-order valence-corrected chi connectivity index (χ3v) is 4.48. The number of rotatable bonds is 7. The third-order valence-electron chi connectivity index (χ3n) is 4.48. The van der Waals surface area contributed by atoms with Crippen molar-refractivity contribution in [3.8, 4) is 5.75 Å². The Morgan fingerprint density at radius 3 is 2.64 bits per heavy atom. The Morgan fingerprint density at radius 1 is 1.21 bits per heavy atom. The van der Waals surface area contributed by atoms with E-state index in [1.54, 1.807) is 13.2 Å². The van der Waals surface area contributed by atoms with Crippen molar-refractivity contribution < 1.29 is 23.7 Å². The summed E-state index contributed by atoms with van der Waals surface area (Å²) in [6, 6.07) is 16.7. The van der Waals surface area contributed by atoms with Crippen molar-refractivity contribution >= 4 is 6.09 Å². The Kier molecular flexibility index (Phi) is 7.06. The fourth-order valence-corrected chi connectivity index (χ4v) is 2.96. The van der Waals surface area contributed by atoms with Gasteiger partial charge in [-0.05, 0) is 24.1 Å². The molecule has 1 unspecified atom stereocenters. The Labute approximate surface area is 165 Å². The van der Waals surface area contributed by atoms with Gasteiger partial charge < -0.3 is 24.3 Å². The molecule has 1 heterocycles. The first kappa shape index (κ1) is 19.9. The standard InChI is InChI=1S/C22H25NO5/c1-3-7-20-19(23-22(24)27-14-16-8-5-4-6-9-16)15-26-21(28-20)17-10-12-18(25-2)13-11-17/h3-6,8-13,19-21H,1,7,14-15H2,2H3,(H,23,24)/t19-,20+,21?/m1/s1. The number of benzene rings is 2. The van der Waals surface area contributed by atoms with Gasteiger partial charge in [0.05, 0.1) is 25.9 Å². The van der Waals surface area contributed by atoms with Crippen LogP contribution in [0.3, 0.4) is 0 Å². The van der Waals surface area contributed by atoms with Crippen molar-refractivity contribution in [3.63, 3.8) is 0 Å². The van der Waals surface area contributed by atoms with Crippen LogP contribution in [0.1, 0.15) is 23.8 Å². The lowest BCUT2D eigenvalue weighted by molar-refractivity contribution is -0.227. The summed E-state index contributed by atoms with van der Waals surface area (Å²) in [6.45, 7) is 4.31. The third kappa shape index (κ3) is 5.34. The molecule has 2 aromatic carbocycles. The molecular formula is C22H25NO5. The summed E-state index contributed by atoms with van der Waals surface area (Å²) in [6.07, 6.45) is 1.08. The van der Waals surface area contributed by atoms with Crippen molar-refractivity contribution in [3.05, 3.63) is 78.4 Å². The number of alkyl carbamates (subject to hydrolysis) is 1. The molecule has 1 N–H and O–H groups in total. The number of ether oxygens (including phenoxy) is 4. The van der Waals surface area contributed by atoms with Gasteiger partial charge in [0, 0.05) is 5.56 Å². The van der Waals surface area contributed by atoms with E-state index >= 15 is 0 Å². The molecule has 1 aliphatic rings. The molecule has 0 saturated carbocycles. The Hall–Kier alpha value is -2.83. The van der Waals surface area contributed by atoms with Gasteiger partial charge in [-0.3, -0.25) is 0 Å². The van der Waals surface area contributed by atoms with E-state index in [-0.39, 0.29) is 18.8 Å². The maximum atomic E-state index is 12.2. The van der Waals surface area contributed by atoms with Crippen LogP contribution in [0.2, 0.25) is 0 Å². The minimum absolute atomic E-state index is 0.210. The van der Waals surface area contributed by atoms with E-state index in [0.29, 0.717) is 13.0 Å². The van der Waals surface area contributed by atoms with Gasteiger partial charge in [-0.2, -0.15) is 0 Å². The van der Waals surface area contributed by atoms with Gasteiger partial charge in [-0.1, -0.05) is 48.5 Å². The van der Waals surface area contributed by atoms with Crippen LogP contribution in [0, 0.1) is 0 Å². The summed E-state index contributed by atoms with van der Waals surface area (Å²) >= 11 is 0. The number of carbonyl (C=O) groups excluding carboxylic acids is 1. The average molecular weight is 383 g/mol. The fourth-order valence-electron chi connectivity index (χ4n) is 2.96. The molecule has 3 atom stereocenters. The van der Waals surface area contributed by atoms with Crippen LogP contribution in [0.4, 0.5) is 4.79 Å². The molecule has 0 aliphatic carbocycles. The lowest BCUT2D eigenvalue weighted by Gasteiger charge is -2.36. The summed E-state index contributed by atoms with van der Waals surface area (Å²) in [5, 5.41) is 2.84. The molecule has 1 fully saturated rings. The van der Waals surface area contributed by atoms with Crippen LogP contribution < -0.4 is 10.1 Å². The molecule has 0 radical (unpaired) electrons. The van der Waals surface area contributed by atoms with E-state index in [4.69, 9.17) is 18.9 Å². The molecule has 0 aromatic heterocycles. The Morgan fingerprint density at radius 2 is 1.96 bits per heavy atom. The predicted octanol–water partition coefficient (Wildman–Crippen LogP) is 3.98. The Bertz CT molecular complexity index is 762. The monoisotopic (exact) mass is 383 g/mol. The van der Waals surface area contributed by atoms with E-state index in [0.717, 1.165) is 16.9 Å². The summed E-state index contributed by atoms with van der Waals surface area (Å²) in [5.74, 6) is 0.767. The zero-order valence-electron chi connectivity index (χ0n) is 15.9. The van der Waals surface area contributed by atoms with Crippen molar-refractivity contribution in [1.82, 2.24) is 5.32 Å². The summed E-state index contributed by atoms with van der Waals surface area (Å²) in [4.78, 5) is 12.2. The van der Waals surface area contributed by atoms with Crippen LogP contribution in [0.15, 0.2) is 67.3 Å². The lowest BCUT2D eigenvalue weighted by atomic mass is 10.1. The van der Waals surface area contributed by atoms with Gasteiger partial charge in [0.25, 0.3) is 0 Å². The minimum Gasteiger partial charge on any atom is -0.497 e. The summed E-state index contributed by atoms with van der Waals surface area (Å²) < 4.78 is 22.3. The van der Waals surface area contributed by atoms with E-state index in [1.807, 2.05) is 54.6 Å². The second-order valence-electron chi connectivity index (χ2n) is 6.45. The van der Waals surface area contributed by atoms with Gasteiger partial charge in [0.1, 0.15) is 12.4 Å². The molecule has 148 valence electrons. The van der Waals surface area contributed by atoms with Gasteiger partial charge in [0.15, 0.2) is 6.29 Å². The maximum absolute atomic E-state index is 12.2. The number of amides is 1. The van der Waals surface area contributed by atoms with Crippen LogP contribution in [0.5, 0.6) is 5.75 Å². The van der Waals surface area contributed by atoms with Crippen LogP contribution >= 0.6 is 0 Å². The first-order valence-corrected chi connectivity index (χ1v) is 9.18. The fraction of sp³-hybridized carbons (Fsp3) is 0.318. The normalized spacial score (nSPS) is 21.5. The van der Waals surface area contributed by atoms with Gasteiger partial charge in [-0.15, -0.1) is 6.58 Å². The van der Waals surface area contributed by atoms with E-state index < -0.39 is 12.4 Å². The molecule has 28 heavy (non-hydrogen) atoms. The largest absolute Gasteiger partial charge is 0.497 e. The number of methoxy groups -OCH3 is 1. The Balaban J connectivity index is 1.56. The number of nitrogens with one attached hydrogen (secondary N) is 1. The average Bonchev–Trinajstić information content (AvgIpc) is 2.74. The highest BCUT2D eigenvalue weighted by molar-refractivity contribution is 5.67. The highest BCUT2D eigenvalue weighted by Gasteiger charge is 2.33. The maximum Gasteiger partial charge on any atom is 0.407 e. The van der Waals surface area contributed by atoms with Crippen LogP contribution in [-0.4, -0.2) is 32.0 Å². The first-order chi connectivity index (χ1) is 13.7. The number of carbonyl (C=O) groups is 1. The van der Waals surface area contributed by atoms with Crippen molar-refractivity contribution in [1.29, 1.82) is 0 Å². The molecule has 1 amide bonds. The second kappa shape index (κ2) is 9.92. The highest BCUT2D eigenvalue weighted by Crippen LogP contribution is 2.29. The molecule has 3 rings (SSSR count). The quantitative estimate of drug-likeness (QED) is 0.733. The van der Waals surface area contributed by atoms with Gasteiger partial charge in [0.2, 0.25) is 0 Å². The smallest absolute Gasteiger partial charge is 0.407 e. The first-order valence-electron chi connectivity index (χ1n) is 9.18. The lowest BCUT2D eigenvalue weighted by Crippen LogP contribution is -2.51. The molecular weight excluding hydrogens is 358 g/mol. The SMILES string of the molecule is C=CC[C@@H]1OC(c2ccc(OC)cc2)OC[C@H]1NC(=O)OCc1ccccc1. The van der Waals surface area contributed by atoms with Crippen molar-refractivity contribution in [2.24, 2.45) is 0 Å². The van der Waals surface area contributed by atoms with Crippen LogP contribution in [0.25, 0.3) is 0 Å². The second-order valence-corrected chi connectivity index (χ2v) is 6.45. The summed E-state index contributed by atoms with van der Waals surface area (Å²) in [5.41, 5.74) is 1.82. The highest BCUT2D eigenvalue weighted by atomic mass is 16.7. The zero-order valence-corrected chi connectivity index (χ0v) is 15.9. The molecule has 6 nitrogen and oxygen atoms in total. The predicted molar refractivity (Wildman–Crippen MR) is 105 cm³/mol. The van der Waals surface area contributed by atoms with E-state index in [9.17, 15) is 4.79 Å². The number of hydrogen-bond acceptors (Lipinski definition) is 5. The molecule has 1 aliphatic heterocycles. The van der Waals surface area contributed by atoms with E-state index in [2.05, 4.69) is 11.9 Å². The van der Waals surface area contributed by atoms with Crippen molar-refractivity contribution in [2.45, 2.75) is 31.5 Å². The van der Waals surface area contributed by atoms with Gasteiger partial charge >= 0.3 is 6.09 Å². The zero-order chi connectivity index (χ0) is 19.8.